The van der Waals surface area contributed by atoms with Crippen molar-refractivity contribution in [3.8, 4) is 5.75 Å². The quantitative estimate of drug-likeness (QED) is 0.349. The number of hydrogen-bond donors (Lipinski definition) is 4. The Morgan fingerprint density at radius 3 is 2.84 bits per heavy atom. The maximum atomic E-state index is 12.0. The number of ether oxygens (including phenoxy) is 1. The number of carbonyl (C=O) groups excluding carboxylic acids is 1. The van der Waals surface area contributed by atoms with Crippen molar-refractivity contribution in [3.63, 3.8) is 0 Å². The Morgan fingerprint density at radius 2 is 2.06 bits per heavy atom. The predicted molar refractivity (Wildman–Crippen MR) is 125 cm³/mol. The lowest BCUT2D eigenvalue weighted by molar-refractivity contribution is -0.123. The summed E-state index contributed by atoms with van der Waals surface area (Å²) in [5, 5.41) is 32.7. The van der Waals surface area contributed by atoms with Crippen molar-refractivity contribution in [2.45, 2.75) is 83.3 Å². The molecule has 0 saturated heterocycles. The third-order valence-corrected chi connectivity index (χ3v) is 7.34. The molecule has 4 N–H and O–H groups in total. The van der Waals surface area contributed by atoms with Gasteiger partial charge in [-0.1, -0.05) is 38.3 Å². The molecule has 1 aromatic carbocycles. The third-order valence-electron chi connectivity index (χ3n) is 7.34. The van der Waals surface area contributed by atoms with Crippen LogP contribution in [0.3, 0.4) is 0 Å². The molecule has 0 bridgehead atoms. The van der Waals surface area contributed by atoms with Crippen LogP contribution in [0.2, 0.25) is 0 Å². The van der Waals surface area contributed by atoms with E-state index in [4.69, 9.17) is 9.84 Å². The Balaban J connectivity index is 1.56. The Labute approximate surface area is 192 Å². The average molecular weight is 448 g/mol. The molecule has 5 atom stereocenters. The van der Waals surface area contributed by atoms with E-state index in [2.05, 4.69) is 18.3 Å². The summed E-state index contributed by atoms with van der Waals surface area (Å²) in [6, 6.07) is 6.05. The van der Waals surface area contributed by atoms with Crippen LogP contribution in [-0.2, 0) is 17.6 Å². The summed E-state index contributed by atoms with van der Waals surface area (Å²) >= 11 is 0. The molecule has 0 aromatic heterocycles. The SMILES string of the molecule is CCCCCC(O)CCC1C(O)CC2Cc3c(cccc3OCC(=O)NCCCO)CC21. The number of amides is 1. The molecule has 5 unspecified atom stereocenters. The summed E-state index contributed by atoms with van der Waals surface area (Å²) in [5.41, 5.74) is 2.43. The van der Waals surface area contributed by atoms with Gasteiger partial charge in [0.05, 0.1) is 12.2 Å². The van der Waals surface area contributed by atoms with E-state index in [1.54, 1.807) is 0 Å². The van der Waals surface area contributed by atoms with Gasteiger partial charge in [0, 0.05) is 13.2 Å². The van der Waals surface area contributed by atoms with Crippen molar-refractivity contribution in [3.05, 3.63) is 29.3 Å². The highest BCUT2D eigenvalue weighted by molar-refractivity contribution is 5.77. The van der Waals surface area contributed by atoms with Gasteiger partial charge in [-0.15, -0.1) is 0 Å². The minimum Gasteiger partial charge on any atom is -0.483 e. The molecule has 2 aliphatic carbocycles. The van der Waals surface area contributed by atoms with Gasteiger partial charge in [-0.25, -0.2) is 0 Å². The van der Waals surface area contributed by atoms with Gasteiger partial charge in [0.15, 0.2) is 6.61 Å². The topological polar surface area (TPSA) is 99.0 Å². The highest BCUT2D eigenvalue weighted by atomic mass is 16.5. The number of benzene rings is 1. The van der Waals surface area contributed by atoms with Gasteiger partial charge < -0.3 is 25.4 Å². The molecule has 32 heavy (non-hydrogen) atoms. The van der Waals surface area contributed by atoms with Crippen LogP contribution >= 0.6 is 0 Å². The zero-order valence-corrected chi connectivity index (χ0v) is 19.5. The molecule has 0 heterocycles. The Hall–Kier alpha value is -1.63. The van der Waals surface area contributed by atoms with Gasteiger partial charge in [-0.3, -0.25) is 4.79 Å². The molecular formula is C26H41NO5. The number of fused-ring (bicyclic) bond motifs is 2. The zero-order valence-electron chi connectivity index (χ0n) is 19.5. The van der Waals surface area contributed by atoms with Crippen LogP contribution in [0, 0.1) is 17.8 Å². The summed E-state index contributed by atoms with van der Waals surface area (Å²) in [5.74, 6) is 1.69. The van der Waals surface area contributed by atoms with Gasteiger partial charge in [0.2, 0.25) is 0 Å². The number of aliphatic hydroxyl groups excluding tert-OH is 3. The molecular weight excluding hydrogens is 406 g/mol. The maximum absolute atomic E-state index is 12.0. The molecule has 2 aliphatic rings. The highest BCUT2D eigenvalue weighted by Gasteiger charge is 2.44. The minimum atomic E-state index is -0.302. The number of carbonyl (C=O) groups is 1. The van der Waals surface area contributed by atoms with Gasteiger partial charge >= 0.3 is 0 Å². The third kappa shape index (κ3) is 6.69. The first-order chi connectivity index (χ1) is 15.5. The fourth-order valence-corrected chi connectivity index (χ4v) is 5.60. The van der Waals surface area contributed by atoms with E-state index in [1.807, 2.05) is 12.1 Å². The van der Waals surface area contributed by atoms with Crippen LogP contribution in [-0.4, -0.2) is 53.2 Å². The van der Waals surface area contributed by atoms with Crippen LogP contribution < -0.4 is 10.1 Å². The second-order valence-electron chi connectivity index (χ2n) is 9.64. The summed E-state index contributed by atoms with van der Waals surface area (Å²) in [6.07, 6.45) is 8.50. The van der Waals surface area contributed by atoms with Crippen molar-refractivity contribution in [1.29, 1.82) is 0 Å². The lowest BCUT2D eigenvalue weighted by atomic mass is 9.73. The van der Waals surface area contributed by atoms with Crippen LogP contribution in [0.25, 0.3) is 0 Å². The number of rotatable bonds is 13. The monoisotopic (exact) mass is 447 g/mol. The molecule has 6 heteroatoms. The number of aliphatic hydroxyl groups is 3. The summed E-state index contributed by atoms with van der Waals surface area (Å²) in [7, 11) is 0. The molecule has 0 aliphatic heterocycles. The Bertz CT molecular complexity index is 724. The van der Waals surface area contributed by atoms with E-state index in [0.29, 0.717) is 24.8 Å². The predicted octanol–water partition coefficient (Wildman–Crippen LogP) is 3.00. The minimum absolute atomic E-state index is 0.0306. The molecule has 3 rings (SSSR count). The van der Waals surface area contributed by atoms with Crippen molar-refractivity contribution < 1.29 is 24.9 Å². The van der Waals surface area contributed by atoms with E-state index in [-0.39, 0.29) is 37.2 Å². The van der Waals surface area contributed by atoms with Crippen LogP contribution in [0.1, 0.15) is 69.4 Å². The van der Waals surface area contributed by atoms with E-state index in [9.17, 15) is 15.0 Å². The second kappa shape index (κ2) is 12.6. The van der Waals surface area contributed by atoms with Crippen LogP contribution in [0.15, 0.2) is 18.2 Å². The second-order valence-corrected chi connectivity index (χ2v) is 9.64. The number of hydrogen-bond acceptors (Lipinski definition) is 5. The molecule has 180 valence electrons. The highest BCUT2D eigenvalue weighted by Crippen LogP contribution is 2.48. The normalized spacial score (nSPS) is 25.1. The Morgan fingerprint density at radius 1 is 1.22 bits per heavy atom. The van der Waals surface area contributed by atoms with Crippen molar-refractivity contribution in [2.24, 2.45) is 17.8 Å². The molecule has 6 nitrogen and oxygen atoms in total. The largest absolute Gasteiger partial charge is 0.483 e. The summed E-state index contributed by atoms with van der Waals surface area (Å²) < 4.78 is 5.85. The Kier molecular flexibility index (Phi) is 9.82. The molecule has 1 saturated carbocycles. The van der Waals surface area contributed by atoms with E-state index in [1.165, 1.54) is 17.5 Å². The van der Waals surface area contributed by atoms with E-state index < -0.39 is 0 Å². The van der Waals surface area contributed by atoms with Gasteiger partial charge in [0.1, 0.15) is 5.75 Å². The maximum Gasteiger partial charge on any atom is 0.257 e. The lowest BCUT2D eigenvalue weighted by Crippen LogP contribution is -2.31. The molecule has 0 spiro atoms. The van der Waals surface area contributed by atoms with Crippen LogP contribution in [0.4, 0.5) is 0 Å². The number of unbranched alkanes of at least 4 members (excludes halogenated alkanes) is 2. The lowest BCUT2D eigenvalue weighted by Gasteiger charge is -2.32. The molecule has 1 aromatic rings. The first-order valence-corrected chi connectivity index (χ1v) is 12.5. The zero-order chi connectivity index (χ0) is 22.9. The van der Waals surface area contributed by atoms with Crippen molar-refractivity contribution >= 4 is 5.91 Å². The summed E-state index contributed by atoms with van der Waals surface area (Å²) in [4.78, 5) is 12.0. The molecule has 1 amide bonds. The van der Waals surface area contributed by atoms with Crippen molar-refractivity contribution in [1.82, 2.24) is 5.32 Å². The summed E-state index contributed by atoms with van der Waals surface area (Å²) in [6.45, 7) is 2.65. The first-order valence-electron chi connectivity index (χ1n) is 12.5. The smallest absolute Gasteiger partial charge is 0.257 e. The number of nitrogens with one attached hydrogen (secondary N) is 1. The standard InChI is InChI=1S/C26H41NO5/c1-2-3-4-8-20(29)10-11-21-22-14-18-7-5-9-25(23(18)15-19(22)16-24(21)30)32-17-26(31)27-12-6-13-28/h5,7,9,19-22,24,28-30H,2-4,6,8,10-17H2,1H3,(H,27,31). The molecule has 0 radical (unpaired) electrons. The van der Waals surface area contributed by atoms with E-state index >= 15 is 0 Å². The van der Waals surface area contributed by atoms with E-state index in [0.717, 1.165) is 57.1 Å². The van der Waals surface area contributed by atoms with Gasteiger partial charge in [-0.2, -0.15) is 0 Å². The van der Waals surface area contributed by atoms with Crippen molar-refractivity contribution in [2.75, 3.05) is 19.8 Å². The molecule has 1 fully saturated rings. The van der Waals surface area contributed by atoms with Gasteiger partial charge in [-0.05, 0) is 79.9 Å². The first kappa shape index (κ1) is 25.0. The van der Waals surface area contributed by atoms with Gasteiger partial charge in [0.25, 0.3) is 5.91 Å². The fraction of sp³-hybridized carbons (Fsp3) is 0.731. The fourth-order valence-electron chi connectivity index (χ4n) is 5.60. The average Bonchev–Trinajstić information content (AvgIpc) is 3.09. The van der Waals surface area contributed by atoms with Crippen LogP contribution in [0.5, 0.6) is 5.75 Å².